The third kappa shape index (κ3) is 4.90. The highest BCUT2D eigenvalue weighted by molar-refractivity contribution is 8.18. The molecule has 0 saturated carbocycles. The van der Waals surface area contributed by atoms with Crippen LogP contribution >= 0.6 is 11.8 Å². The van der Waals surface area contributed by atoms with Crippen LogP contribution in [0.4, 0.5) is 5.69 Å². The highest BCUT2D eigenvalue weighted by Gasteiger charge is 2.34. The minimum absolute atomic E-state index is 0.141. The Morgan fingerprint density at radius 3 is 2.39 bits per heavy atom. The molecule has 1 fully saturated rings. The van der Waals surface area contributed by atoms with Gasteiger partial charge in [-0.3, -0.25) is 9.69 Å². The summed E-state index contributed by atoms with van der Waals surface area (Å²) in [5.41, 5.74) is 2.55. The largest absolute Gasteiger partial charge is 0.497 e. The number of aryl methyl sites for hydroxylation is 1. The molecule has 1 aliphatic rings. The minimum atomic E-state index is -0.141. The molecule has 1 saturated heterocycles. The van der Waals surface area contributed by atoms with Gasteiger partial charge in [0.05, 0.1) is 44.7 Å². The first-order valence-corrected chi connectivity index (χ1v) is 11.0. The SMILES string of the molecule is COc1ccc(N=C2SC(=Cc3cc(OC)c(OC)cc3C)C(=O)N2Cc2ccco2)cc1. The van der Waals surface area contributed by atoms with Crippen LogP contribution in [0, 0.1) is 6.92 Å². The number of carbonyl (C=O) groups is 1. The number of hydrogen-bond acceptors (Lipinski definition) is 7. The van der Waals surface area contributed by atoms with Crippen LogP contribution in [-0.2, 0) is 11.3 Å². The maximum absolute atomic E-state index is 13.4. The molecular weight excluding hydrogens is 440 g/mol. The number of thioether (sulfide) groups is 1. The van der Waals surface area contributed by atoms with Gasteiger partial charge in [-0.05, 0) is 84.4 Å². The van der Waals surface area contributed by atoms with Crippen molar-refractivity contribution < 1.29 is 23.4 Å². The summed E-state index contributed by atoms with van der Waals surface area (Å²) in [5, 5.41) is 0.575. The van der Waals surface area contributed by atoms with E-state index < -0.39 is 0 Å². The summed E-state index contributed by atoms with van der Waals surface area (Å²) in [6.45, 7) is 2.25. The molecule has 8 heteroatoms. The van der Waals surface area contributed by atoms with Crippen molar-refractivity contribution in [3.63, 3.8) is 0 Å². The van der Waals surface area contributed by atoms with E-state index in [4.69, 9.17) is 23.6 Å². The van der Waals surface area contributed by atoms with Gasteiger partial charge in [-0.1, -0.05) is 0 Å². The molecule has 1 amide bonds. The zero-order valence-corrected chi connectivity index (χ0v) is 19.6. The Balaban J connectivity index is 1.71. The second-order valence-corrected chi connectivity index (χ2v) is 8.25. The van der Waals surface area contributed by atoms with Crippen molar-refractivity contribution >= 4 is 34.6 Å². The van der Waals surface area contributed by atoms with E-state index in [0.717, 1.165) is 22.6 Å². The molecule has 7 nitrogen and oxygen atoms in total. The number of amides is 1. The summed E-state index contributed by atoms with van der Waals surface area (Å²) in [6, 6.07) is 14.8. The maximum Gasteiger partial charge on any atom is 0.267 e. The van der Waals surface area contributed by atoms with Crippen molar-refractivity contribution in [2.24, 2.45) is 4.99 Å². The van der Waals surface area contributed by atoms with Gasteiger partial charge in [-0.15, -0.1) is 0 Å². The van der Waals surface area contributed by atoms with E-state index in [1.165, 1.54) is 11.8 Å². The van der Waals surface area contributed by atoms with Crippen LogP contribution < -0.4 is 14.2 Å². The molecule has 1 aromatic heterocycles. The highest BCUT2D eigenvalue weighted by Crippen LogP contribution is 2.37. The lowest BCUT2D eigenvalue weighted by Crippen LogP contribution is -2.28. The molecule has 0 radical (unpaired) electrons. The second kappa shape index (κ2) is 9.87. The molecule has 2 heterocycles. The van der Waals surface area contributed by atoms with Gasteiger partial charge in [0.2, 0.25) is 0 Å². The number of furan rings is 1. The van der Waals surface area contributed by atoms with Crippen LogP contribution in [0.25, 0.3) is 6.08 Å². The number of nitrogens with zero attached hydrogens (tertiary/aromatic N) is 2. The number of carbonyl (C=O) groups excluding carboxylic acids is 1. The van der Waals surface area contributed by atoms with Crippen molar-refractivity contribution in [3.8, 4) is 17.2 Å². The molecule has 0 N–H and O–H groups in total. The molecule has 3 aromatic rings. The van der Waals surface area contributed by atoms with Gasteiger partial charge in [-0.25, -0.2) is 4.99 Å². The second-order valence-electron chi connectivity index (χ2n) is 7.24. The van der Waals surface area contributed by atoms with Crippen molar-refractivity contribution in [1.82, 2.24) is 4.90 Å². The predicted molar refractivity (Wildman–Crippen MR) is 129 cm³/mol. The van der Waals surface area contributed by atoms with Crippen molar-refractivity contribution in [3.05, 3.63) is 76.6 Å². The summed E-state index contributed by atoms with van der Waals surface area (Å²) in [7, 11) is 4.80. The molecule has 1 aliphatic heterocycles. The number of ether oxygens (including phenoxy) is 3. The molecule has 0 unspecified atom stereocenters. The van der Waals surface area contributed by atoms with E-state index in [1.807, 2.05) is 55.5 Å². The summed E-state index contributed by atoms with van der Waals surface area (Å²) < 4.78 is 21.5. The fraction of sp³-hybridized carbons (Fsp3) is 0.200. The standard InChI is InChI=1S/C25H24N2O5S/c1-16-12-21(30-3)22(31-4)13-17(16)14-23-24(28)27(15-20-6-5-11-32-20)25(33-23)26-18-7-9-19(29-2)10-8-18/h5-14H,15H2,1-4H3. The average Bonchev–Trinajstić information content (AvgIpc) is 3.45. The molecule has 0 spiro atoms. The molecular formula is C25H24N2O5S. The van der Waals surface area contributed by atoms with Crippen LogP contribution in [0.2, 0.25) is 0 Å². The van der Waals surface area contributed by atoms with E-state index in [9.17, 15) is 4.79 Å². The fourth-order valence-electron chi connectivity index (χ4n) is 3.35. The minimum Gasteiger partial charge on any atom is -0.497 e. The van der Waals surface area contributed by atoms with Gasteiger partial charge in [0, 0.05) is 0 Å². The van der Waals surface area contributed by atoms with Gasteiger partial charge in [0.1, 0.15) is 11.5 Å². The number of hydrogen-bond donors (Lipinski definition) is 0. The van der Waals surface area contributed by atoms with Crippen LogP contribution in [0.1, 0.15) is 16.9 Å². The lowest BCUT2D eigenvalue weighted by Gasteiger charge is -2.14. The summed E-state index contributed by atoms with van der Waals surface area (Å²) in [4.78, 5) is 20.3. The number of aliphatic imine (C=N–C) groups is 1. The van der Waals surface area contributed by atoms with E-state index in [0.29, 0.717) is 27.3 Å². The zero-order chi connectivity index (χ0) is 23.4. The van der Waals surface area contributed by atoms with Crippen LogP contribution in [0.3, 0.4) is 0 Å². The summed E-state index contributed by atoms with van der Waals surface area (Å²) >= 11 is 1.32. The Morgan fingerprint density at radius 2 is 1.76 bits per heavy atom. The monoisotopic (exact) mass is 464 g/mol. The van der Waals surface area contributed by atoms with Crippen LogP contribution in [0.5, 0.6) is 17.2 Å². The molecule has 4 rings (SSSR count). The molecule has 170 valence electrons. The first-order valence-electron chi connectivity index (χ1n) is 10.2. The number of benzene rings is 2. The van der Waals surface area contributed by atoms with Crippen molar-refractivity contribution in [2.45, 2.75) is 13.5 Å². The molecule has 0 bridgehead atoms. The molecule has 2 aromatic carbocycles. The number of amidine groups is 1. The van der Waals surface area contributed by atoms with Crippen molar-refractivity contribution in [1.29, 1.82) is 0 Å². The van der Waals surface area contributed by atoms with Gasteiger partial charge in [0.15, 0.2) is 16.7 Å². The Morgan fingerprint density at radius 1 is 1.03 bits per heavy atom. The summed E-state index contributed by atoms with van der Waals surface area (Å²) in [6.07, 6.45) is 3.45. The first kappa shape index (κ1) is 22.5. The predicted octanol–water partition coefficient (Wildman–Crippen LogP) is 5.42. The molecule has 33 heavy (non-hydrogen) atoms. The normalized spacial score (nSPS) is 16.0. The Bertz CT molecular complexity index is 1200. The van der Waals surface area contributed by atoms with Crippen LogP contribution in [-0.4, -0.2) is 37.3 Å². The lowest BCUT2D eigenvalue weighted by atomic mass is 10.1. The third-order valence-corrected chi connectivity index (χ3v) is 6.14. The average molecular weight is 465 g/mol. The topological polar surface area (TPSA) is 73.5 Å². The summed E-state index contributed by atoms with van der Waals surface area (Å²) in [5.74, 6) is 2.52. The zero-order valence-electron chi connectivity index (χ0n) is 18.8. The van der Waals surface area contributed by atoms with Crippen molar-refractivity contribution in [2.75, 3.05) is 21.3 Å². The maximum atomic E-state index is 13.4. The fourth-order valence-corrected chi connectivity index (χ4v) is 4.34. The lowest BCUT2D eigenvalue weighted by molar-refractivity contribution is -0.122. The van der Waals surface area contributed by atoms with Gasteiger partial charge in [0.25, 0.3) is 5.91 Å². The van der Waals surface area contributed by atoms with Gasteiger partial charge < -0.3 is 18.6 Å². The molecule has 0 aliphatic carbocycles. The van der Waals surface area contributed by atoms with E-state index in [2.05, 4.69) is 0 Å². The Hall–Kier alpha value is -3.65. The Labute approximate surface area is 196 Å². The van der Waals surface area contributed by atoms with Crippen LogP contribution in [0.15, 0.2) is 69.1 Å². The highest BCUT2D eigenvalue weighted by atomic mass is 32.2. The van der Waals surface area contributed by atoms with Gasteiger partial charge >= 0.3 is 0 Å². The van der Waals surface area contributed by atoms with Gasteiger partial charge in [-0.2, -0.15) is 0 Å². The third-order valence-electron chi connectivity index (χ3n) is 5.14. The van der Waals surface area contributed by atoms with E-state index >= 15 is 0 Å². The first-order chi connectivity index (χ1) is 16.0. The van der Waals surface area contributed by atoms with E-state index in [1.54, 1.807) is 38.6 Å². The van der Waals surface area contributed by atoms with E-state index in [-0.39, 0.29) is 12.5 Å². The Kier molecular flexibility index (Phi) is 6.74. The quantitative estimate of drug-likeness (QED) is 0.435. The number of methoxy groups -OCH3 is 3. The number of rotatable bonds is 7. The smallest absolute Gasteiger partial charge is 0.267 e. The molecule has 0 atom stereocenters.